The van der Waals surface area contributed by atoms with E-state index in [2.05, 4.69) is 4.99 Å². The van der Waals surface area contributed by atoms with Crippen LogP contribution in [0, 0.1) is 0 Å². The predicted molar refractivity (Wildman–Crippen MR) is 85.5 cm³/mol. The maximum atomic E-state index is 6.09. The summed E-state index contributed by atoms with van der Waals surface area (Å²) in [6.07, 6.45) is 0. The van der Waals surface area contributed by atoms with Crippen molar-refractivity contribution in [2.75, 3.05) is 0 Å². The average Bonchev–Trinajstić information content (AvgIpc) is 2.39. The Morgan fingerprint density at radius 1 is 1.00 bits per heavy atom. The third kappa shape index (κ3) is 4.16. The molecular formula is C14H12Cl2N2S. The summed E-state index contributed by atoms with van der Waals surface area (Å²) in [6.45, 7) is 0. The molecule has 2 nitrogen and oxygen atoms in total. The minimum atomic E-state index is 0.488. The molecule has 0 bridgehead atoms. The summed E-state index contributed by atoms with van der Waals surface area (Å²) < 4.78 is 0. The summed E-state index contributed by atoms with van der Waals surface area (Å²) in [5.41, 5.74) is 7.59. The number of thioether (sulfide) groups is 1. The van der Waals surface area contributed by atoms with Gasteiger partial charge in [0.15, 0.2) is 5.17 Å². The lowest BCUT2D eigenvalue weighted by Crippen LogP contribution is -2.06. The first-order valence-corrected chi connectivity index (χ1v) is 7.36. The molecule has 2 N–H and O–H groups in total. The summed E-state index contributed by atoms with van der Waals surface area (Å²) in [7, 11) is 0. The van der Waals surface area contributed by atoms with E-state index in [4.69, 9.17) is 28.9 Å². The van der Waals surface area contributed by atoms with Gasteiger partial charge in [0.2, 0.25) is 0 Å². The average molecular weight is 311 g/mol. The van der Waals surface area contributed by atoms with Crippen LogP contribution in [0.2, 0.25) is 10.0 Å². The standard InChI is InChI=1S/C14H12Cl2N2S/c15-12-7-4-8-13(16)11(12)9-19-14(17)18-10-5-2-1-3-6-10/h1-8H,9H2,(H2,17,18). The Hall–Kier alpha value is -1.16. The molecule has 0 aliphatic rings. The Balaban J connectivity index is 2.05. The highest BCUT2D eigenvalue weighted by Crippen LogP contribution is 2.28. The number of aliphatic imine (C=N–C) groups is 1. The Kier molecular flexibility index (Phi) is 5.14. The van der Waals surface area contributed by atoms with Crippen LogP contribution in [-0.4, -0.2) is 5.17 Å². The fourth-order valence-corrected chi connectivity index (χ4v) is 2.94. The lowest BCUT2D eigenvalue weighted by molar-refractivity contribution is 1.42. The van der Waals surface area contributed by atoms with E-state index in [-0.39, 0.29) is 0 Å². The van der Waals surface area contributed by atoms with Gasteiger partial charge in [0.25, 0.3) is 0 Å². The lowest BCUT2D eigenvalue weighted by Gasteiger charge is -2.06. The van der Waals surface area contributed by atoms with E-state index in [1.165, 1.54) is 11.8 Å². The molecule has 19 heavy (non-hydrogen) atoms. The van der Waals surface area contributed by atoms with Crippen LogP contribution in [0.1, 0.15) is 5.56 Å². The van der Waals surface area contributed by atoms with Crippen molar-refractivity contribution in [2.24, 2.45) is 10.7 Å². The van der Waals surface area contributed by atoms with Crippen molar-refractivity contribution in [3.05, 3.63) is 64.1 Å². The fraction of sp³-hybridized carbons (Fsp3) is 0.0714. The van der Waals surface area contributed by atoms with Crippen LogP contribution in [0.3, 0.4) is 0 Å². The molecule has 0 saturated carbocycles. The highest BCUT2D eigenvalue weighted by molar-refractivity contribution is 8.13. The van der Waals surface area contributed by atoms with E-state index in [0.717, 1.165) is 11.3 Å². The van der Waals surface area contributed by atoms with Crippen LogP contribution in [0.15, 0.2) is 53.5 Å². The molecule has 98 valence electrons. The van der Waals surface area contributed by atoms with Crippen LogP contribution < -0.4 is 5.73 Å². The van der Waals surface area contributed by atoms with Crippen molar-refractivity contribution in [3.8, 4) is 0 Å². The third-order valence-corrected chi connectivity index (χ3v) is 3.95. The first kappa shape index (κ1) is 14.3. The lowest BCUT2D eigenvalue weighted by atomic mass is 10.2. The molecule has 0 unspecified atom stereocenters. The molecule has 2 aromatic rings. The summed E-state index contributed by atoms with van der Waals surface area (Å²) in [4.78, 5) is 4.30. The number of hydrogen-bond acceptors (Lipinski definition) is 2. The third-order valence-electron chi connectivity index (χ3n) is 2.42. The second-order valence-electron chi connectivity index (χ2n) is 3.77. The Bertz CT molecular complexity index is 565. The summed E-state index contributed by atoms with van der Waals surface area (Å²) in [5.74, 6) is 0.598. The quantitative estimate of drug-likeness (QED) is 0.648. The molecule has 0 aromatic heterocycles. The van der Waals surface area contributed by atoms with Crippen LogP contribution in [0.25, 0.3) is 0 Å². The topological polar surface area (TPSA) is 38.4 Å². The van der Waals surface area contributed by atoms with Crippen LogP contribution >= 0.6 is 35.0 Å². The van der Waals surface area contributed by atoms with Gasteiger partial charge in [0.05, 0.1) is 5.69 Å². The molecular weight excluding hydrogens is 299 g/mol. The zero-order chi connectivity index (χ0) is 13.7. The predicted octanol–water partition coefficient (Wildman–Crippen LogP) is 4.87. The van der Waals surface area contributed by atoms with Gasteiger partial charge in [-0.15, -0.1) is 0 Å². The second-order valence-corrected chi connectivity index (χ2v) is 5.58. The van der Waals surface area contributed by atoms with Gasteiger partial charge in [-0.3, -0.25) is 0 Å². The van der Waals surface area contributed by atoms with Crippen molar-refractivity contribution in [2.45, 2.75) is 5.75 Å². The molecule has 2 aromatic carbocycles. The maximum Gasteiger partial charge on any atom is 0.159 e. The molecule has 2 rings (SSSR count). The van der Waals surface area contributed by atoms with Crippen molar-refractivity contribution < 1.29 is 0 Å². The van der Waals surface area contributed by atoms with Crippen molar-refractivity contribution in [1.29, 1.82) is 0 Å². The highest BCUT2D eigenvalue weighted by atomic mass is 35.5. The largest absolute Gasteiger partial charge is 0.378 e. The summed E-state index contributed by atoms with van der Waals surface area (Å²) in [5, 5.41) is 1.78. The van der Waals surface area contributed by atoms with E-state index in [1.807, 2.05) is 48.5 Å². The monoisotopic (exact) mass is 310 g/mol. The van der Waals surface area contributed by atoms with Crippen LogP contribution in [-0.2, 0) is 5.75 Å². The summed E-state index contributed by atoms with van der Waals surface area (Å²) >= 11 is 13.6. The second kappa shape index (κ2) is 6.85. The van der Waals surface area contributed by atoms with Gasteiger partial charge in [0, 0.05) is 15.8 Å². The van der Waals surface area contributed by atoms with Crippen LogP contribution in [0.5, 0.6) is 0 Å². The molecule has 0 aliphatic carbocycles. The summed E-state index contributed by atoms with van der Waals surface area (Å²) in [6, 6.07) is 15.0. The van der Waals surface area contributed by atoms with Crippen molar-refractivity contribution in [1.82, 2.24) is 0 Å². The fourth-order valence-electron chi connectivity index (χ4n) is 1.48. The number of halogens is 2. The van der Waals surface area contributed by atoms with Gasteiger partial charge in [-0.1, -0.05) is 59.2 Å². The van der Waals surface area contributed by atoms with Gasteiger partial charge in [0.1, 0.15) is 0 Å². The van der Waals surface area contributed by atoms with Crippen molar-refractivity contribution in [3.63, 3.8) is 0 Å². The smallest absolute Gasteiger partial charge is 0.159 e. The first-order chi connectivity index (χ1) is 9.16. The molecule has 0 saturated heterocycles. The van der Waals surface area contributed by atoms with Gasteiger partial charge in [-0.05, 0) is 29.8 Å². The molecule has 0 fully saturated rings. The number of hydrogen-bond donors (Lipinski definition) is 1. The zero-order valence-electron chi connectivity index (χ0n) is 10.0. The van der Waals surface area contributed by atoms with Gasteiger partial charge in [-0.2, -0.15) is 0 Å². The number of nitrogens with zero attached hydrogens (tertiary/aromatic N) is 1. The molecule has 0 amide bonds. The molecule has 0 aliphatic heterocycles. The Morgan fingerprint density at radius 2 is 1.63 bits per heavy atom. The molecule has 0 spiro atoms. The van der Waals surface area contributed by atoms with E-state index in [1.54, 1.807) is 0 Å². The van der Waals surface area contributed by atoms with E-state index >= 15 is 0 Å². The highest BCUT2D eigenvalue weighted by Gasteiger charge is 2.06. The number of rotatable bonds is 3. The minimum absolute atomic E-state index is 0.488. The van der Waals surface area contributed by atoms with Crippen LogP contribution in [0.4, 0.5) is 5.69 Å². The Morgan fingerprint density at radius 3 is 2.26 bits per heavy atom. The zero-order valence-corrected chi connectivity index (χ0v) is 12.3. The number of para-hydroxylation sites is 1. The minimum Gasteiger partial charge on any atom is -0.378 e. The number of amidine groups is 1. The van der Waals surface area contributed by atoms with Crippen molar-refractivity contribution >= 4 is 45.8 Å². The first-order valence-electron chi connectivity index (χ1n) is 5.61. The van der Waals surface area contributed by atoms with E-state index < -0.39 is 0 Å². The van der Waals surface area contributed by atoms with Gasteiger partial charge < -0.3 is 5.73 Å². The molecule has 5 heteroatoms. The SMILES string of the molecule is NC(=Nc1ccccc1)SCc1c(Cl)cccc1Cl. The molecule has 0 radical (unpaired) electrons. The van der Waals surface area contributed by atoms with Gasteiger partial charge in [-0.25, -0.2) is 4.99 Å². The normalized spacial score (nSPS) is 11.6. The van der Waals surface area contributed by atoms with E-state index in [9.17, 15) is 0 Å². The number of nitrogens with two attached hydrogens (primary N) is 1. The maximum absolute atomic E-state index is 6.09. The molecule has 0 heterocycles. The van der Waals surface area contributed by atoms with Gasteiger partial charge >= 0.3 is 0 Å². The molecule has 0 atom stereocenters. The van der Waals surface area contributed by atoms with E-state index in [0.29, 0.717) is 21.0 Å². The Labute approximate surface area is 126 Å². The number of benzene rings is 2.